The molecule has 1 aromatic carbocycles. The second kappa shape index (κ2) is 6.10. The van der Waals surface area contributed by atoms with E-state index in [4.69, 9.17) is 0 Å². The molecule has 0 aromatic heterocycles. The molecule has 2 rings (SSSR count). The maximum absolute atomic E-state index is 13.3. The number of halogens is 4. The van der Waals surface area contributed by atoms with Crippen molar-refractivity contribution in [1.82, 2.24) is 10.2 Å². The monoisotopic (exact) mass is 290 g/mol. The maximum Gasteiger partial charge on any atom is 0.416 e. The van der Waals surface area contributed by atoms with Gasteiger partial charge in [0.1, 0.15) is 5.82 Å². The fourth-order valence-corrected chi connectivity index (χ4v) is 2.71. The lowest BCUT2D eigenvalue weighted by atomic mass is 10.1. The van der Waals surface area contributed by atoms with Gasteiger partial charge in [-0.05, 0) is 50.2 Å². The molecule has 1 aromatic rings. The van der Waals surface area contributed by atoms with Crippen LogP contribution in [0, 0.1) is 5.82 Å². The Morgan fingerprint density at radius 1 is 1.30 bits per heavy atom. The molecule has 1 saturated heterocycles. The molecule has 1 fully saturated rings. The highest BCUT2D eigenvalue weighted by molar-refractivity contribution is 5.27. The van der Waals surface area contributed by atoms with Gasteiger partial charge in [0.05, 0.1) is 5.56 Å². The number of benzene rings is 1. The van der Waals surface area contributed by atoms with Crippen LogP contribution in [0.1, 0.15) is 24.0 Å². The number of hydrogen-bond acceptors (Lipinski definition) is 2. The van der Waals surface area contributed by atoms with Crippen LogP contribution in [0.5, 0.6) is 0 Å². The summed E-state index contributed by atoms with van der Waals surface area (Å²) in [4.78, 5) is 2.10. The summed E-state index contributed by atoms with van der Waals surface area (Å²) in [5.41, 5.74) is -0.544. The first-order valence-electron chi connectivity index (χ1n) is 6.65. The zero-order valence-corrected chi connectivity index (χ0v) is 11.3. The Balaban J connectivity index is 2.15. The van der Waals surface area contributed by atoms with Crippen LogP contribution in [-0.2, 0) is 12.7 Å². The summed E-state index contributed by atoms with van der Waals surface area (Å²) in [5, 5.41) is 3.08. The van der Waals surface area contributed by atoms with E-state index in [-0.39, 0.29) is 0 Å². The second-order valence-electron chi connectivity index (χ2n) is 5.17. The molecule has 1 aliphatic rings. The fraction of sp³-hybridized carbons (Fsp3) is 0.571. The van der Waals surface area contributed by atoms with Gasteiger partial charge in [-0.1, -0.05) is 0 Å². The van der Waals surface area contributed by atoms with Gasteiger partial charge in [-0.15, -0.1) is 0 Å². The Kier molecular flexibility index (Phi) is 4.65. The van der Waals surface area contributed by atoms with Crippen LogP contribution in [0.3, 0.4) is 0 Å². The standard InChI is InChI=1S/C14H18F4N2/c1-19-8-13-3-2-4-20(13)9-10-5-11(14(16,17)18)7-12(15)6-10/h5-7,13,19H,2-4,8-9H2,1H3. The molecular weight excluding hydrogens is 272 g/mol. The summed E-state index contributed by atoms with van der Waals surface area (Å²) >= 11 is 0. The van der Waals surface area contributed by atoms with Gasteiger partial charge in [0.2, 0.25) is 0 Å². The lowest BCUT2D eigenvalue weighted by Gasteiger charge is -2.24. The first kappa shape index (κ1) is 15.3. The van der Waals surface area contributed by atoms with Gasteiger partial charge in [0.25, 0.3) is 0 Å². The van der Waals surface area contributed by atoms with E-state index in [2.05, 4.69) is 10.2 Å². The molecule has 0 radical (unpaired) electrons. The number of alkyl halides is 3. The maximum atomic E-state index is 13.3. The molecule has 0 aliphatic carbocycles. The molecule has 1 unspecified atom stereocenters. The minimum atomic E-state index is -4.51. The highest BCUT2D eigenvalue weighted by atomic mass is 19.4. The smallest absolute Gasteiger partial charge is 0.318 e. The fourth-order valence-electron chi connectivity index (χ4n) is 2.71. The van der Waals surface area contributed by atoms with Crippen LogP contribution in [-0.4, -0.2) is 31.1 Å². The summed E-state index contributed by atoms with van der Waals surface area (Å²) in [5.74, 6) is -0.834. The van der Waals surface area contributed by atoms with Gasteiger partial charge >= 0.3 is 6.18 Å². The Labute approximate surface area is 115 Å². The molecule has 0 spiro atoms. The van der Waals surface area contributed by atoms with E-state index in [0.717, 1.165) is 32.0 Å². The van der Waals surface area contributed by atoms with Crippen molar-refractivity contribution in [3.63, 3.8) is 0 Å². The summed E-state index contributed by atoms with van der Waals surface area (Å²) in [7, 11) is 1.85. The summed E-state index contributed by atoms with van der Waals surface area (Å²) in [6.07, 6.45) is -2.47. The average Bonchev–Trinajstić information content (AvgIpc) is 2.75. The van der Waals surface area contributed by atoms with Crippen molar-refractivity contribution in [2.45, 2.75) is 31.6 Å². The molecule has 6 heteroatoms. The first-order chi connectivity index (χ1) is 9.40. The third-order valence-electron chi connectivity index (χ3n) is 3.61. The molecular formula is C14H18F4N2. The Morgan fingerprint density at radius 2 is 2.05 bits per heavy atom. The molecule has 1 N–H and O–H groups in total. The first-order valence-corrected chi connectivity index (χ1v) is 6.65. The zero-order chi connectivity index (χ0) is 14.8. The number of rotatable bonds is 4. The normalized spacial score (nSPS) is 20.6. The van der Waals surface area contributed by atoms with E-state index in [9.17, 15) is 17.6 Å². The molecule has 0 amide bonds. The van der Waals surface area contributed by atoms with Gasteiger partial charge in [0, 0.05) is 19.1 Å². The van der Waals surface area contributed by atoms with E-state index in [1.807, 2.05) is 7.05 Å². The van der Waals surface area contributed by atoms with Crippen molar-refractivity contribution < 1.29 is 17.6 Å². The molecule has 112 valence electrons. The van der Waals surface area contributed by atoms with E-state index in [1.165, 1.54) is 6.07 Å². The van der Waals surface area contributed by atoms with Crippen LogP contribution >= 0.6 is 0 Å². The third-order valence-corrected chi connectivity index (χ3v) is 3.61. The van der Waals surface area contributed by atoms with Crippen molar-refractivity contribution in [3.8, 4) is 0 Å². The Bertz CT molecular complexity index is 459. The van der Waals surface area contributed by atoms with Crippen molar-refractivity contribution in [2.24, 2.45) is 0 Å². The van der Waals surface area contributed by atoms with Gasteiger partial charge in [0.15, 0.2) is 0 Å². The molecule has 0 bridgehead atoms. The van der Waals surface area contributed by atoms with Gasteiger partial charge in [-0.2, -0.15) is 13.2 Å². The molecule has 1 atom stereocenters. The predicted octanol–water partition coefficient (Wildman–Crippen LogP) is 3.03. The zero-order valence-electron chi connectivity index (χ0n) is 11.3. The summed E-state index contributed by atoms with van der Waals surface area (Å²) in [6.45, 7) is 1.98. The van der Waals surface area contributed by atoms with E-state index in [0.29, 0.717) is 24.2 Å². The molecule has 1 aliphatic heterocycles. The van der Waals surface area contributed by atoms with E-state index < -0.39 is 17.6 Å². The number of hydrogen-bond donors (Lipinski definition) is 1. The average molecular weight is 290 g/mol. The highest BCUT2D eigenvalue weighted by Gasteiger charge is 2.32. The largest absolute Gasteiger partial charge is 0.416 e. The van der Waals surface area contributed by atoms with Crippen molar-refractivity contribution in [3.05, 3.63) is 35.1 Å². The molecule has 20 heavy (non-hydrogen) atoms. The second-order valence-corrected chi connectivity index (χ2v) is 5.17. The van der Waals surface area contributed by atoms with E-state index >= 15 is 0 Å². The molecule has 0 saturated carbocycles. The van der Waals surface area contributed by atoms with Crippen molar-refractivity contribution in [2.75, 3.05) is 20.1 Å². The predicted molar refractivity (Wildman–Crippen MR) is 68.8 cm³/mol. The number of nitrogens with one attached hydrogen (secondary N) is 1. The van der Waals surface area contributed by atoms with Crippen LogP contribution in [0.15, 0.2) is 18.2 Å². The lowest BCUT2D eigenvalue weighted by Crippen LogP contribution is -2.36. The van der Waals surface area contributed by atoms with E-state index in [1.54, 1.807) is 0 Å². The highest BCUT2D eigenvalue weighted by Crippen LogP contribution is 2.31. The quantitative estimate of drug-likeness (QED) is 0.858. The van der Waals surface area contributed by atoms with Gasteiger partial charge in [-0.25, -0.2) is 4.39 Å². The third kappa shape index (κ3) is 3.70. The lowest BCUT2D eigenvalue weighted by molar-refractivity contribution is -0.137. The Hall–Kier alpha value is -1.14. The van der Waals surface area contributed by atoms with Crippen LogP contribution in [0.25, 0.3) is 0 Å². The Morgan fingerprint density at radius 3 is 2.70 bits per heavy atom. The minimum absolute atomic E-state index is 0.303. The molecule has 1 heterocycles. The topological polar surface area (TPSA) is 15.3 Å². The number of nitrogens with zero attached hydrogens (tertiary/aromatic N) is 1. The number of likely N-dealkylation sites (tertiary alicyclic amines) is 1. The summed E-state index contributed by atoms with van der Waals surface area (Å²) in [6, 6.07) is 3.07. The van der Waals surface area contributed by atoms with Crippen LogP contribution < -0.4 is 5.32 Å². The van der Waals surface area contributed by atoms with Crippen LogP contribution in [0.2, 0.25) is 0 Å². The van der Waals surface area contributed by atoms with Crippen molar-refractivity contribution >= 4 is 0 Å². The summed E-state index contributed by atoms with van der Waals surface area (Å²) < 4.78 is 51.4. The minimum Gasteiger partial charge on any atom is -0.318 e. The molecule has 2 nitrogen and oxygen atoms in total. The van der Waals surface area contributed by atoms with Gasteiger partial charge in [-0.3, -0.25) is 4.90 Å². The number of likely N-dealkylation sites (N-methyl/N-ethyl adjacent to an activating group) is 1. The van der Waals surface area contributed by atoms with Gasteiger partial charge < -0.3 is 5.32 Å². The SMILES string of the molecule is CNCC1CCCN1Cc1cc(F)cc(C(F)(F)F)c1. The van der Waals surface area contributed by atoms with Crippen molar-refractivity contribution in [1.29, 1.82) is 0 Å². The van der Waals surface area contributed by atoms with Crippen LogP contribution in [0.4, 0.5) is 17.6 Å².